The van der Waals surface area contributed by atoms with Crippen molar-refractivity contribution < 1.29 is 0 Å². The Morgan fingerprint density at radius 1 is 0.806 bits per heavy atom. The van der Waals surface area contributed by atoms with E-state index in [1.54, 1.807) is 10.9 Å². The molecule has 0 amide bonds. The molecule has 0 saturated carbocycles. The molecular formula is C23H18N8. The number of hydrogen-bond acceptors (Lipinski definition) is 7. The van der Waals surface area contributed by atoms with Crippen LogP contribution in [-0.2, 0) is 6.42 Å². The zero-order valence-electron chi connectivity index (χ0n) is 16.4. The van der Waals surface area contributed by atoms with E-state index in [9.17, 15) is 0 Å². The molecule has 0 saturated heterocycles. The number of benzene rings is 2. The van der Waals surface area contributed by atoms with E-state index in [2.05, 4.69) is 57.4 Å². The molecule has 3 heterocycles. The van der Waals surface area contributed by atoms with Crippen LogP contribution in [0.3, 0.4) is 0 Å². The van der Waals surface area contributed by atoms with Crippen molar-refractivity contribution in [2.75, 3.05) is 17.2 Å². The highest BCUT2D eigenvalue weighted by Gasteiger charge is 2.21. The van der Waals surface area contributed by atoms with Gasteiger partial charge < -0.3 is 17.2 Å². The average molecular weight is 406 g/mol. The van der Waals surface area contributed by atoms with E-state index < -0.39 is 0 Å². The lowest BCUT2D eigenvalue weighted by molar-refractivity contribution is 0.894. The summed E-state index contributed by atoms with van der Waals surface area (Å²) in [6.07, 6.45) is 2.63. The molecule has 1 aliphatic carbocycles. The molecule has 0 unspecified atom stereocenters. The Kier molecular flexibility index (Phi) is 3.52. The second-order valence-electron chi connectivity index (χ2n) is 7.54. The van der Waals surface area contributed by atoms with Gasteiger partial charge in [-0.15, -0.1) is 0 Å². The van der Waals surface area contributed by atoms with Gasteiger partial charge in [-0.3, -0.25) is 0 Å². The number of hydrogen-bond donors (Lipinski definition) is 3. The van der Waals surface area contributed by atoms with Gasteiger partial charge in [0.05, 0.1) is 11.1 Å². The summed E-state index contributed by atoms with van der Waals surface area (Å²) in [6, 6.07) is 18.6. The van der Waals surface area contributed by atoms with Crippen molar-refractivity contribution in [2.24, 2.45) is 0 Å². The highest BCUT2D eigenvalue weighted by molar-refractivity contribution is 5.91. The summed E-state index contributed by atoms with van der Waals surface area (Å²) < 4.78 is 1.81. The van der Waals surface area contributed by atoms with Gasteiger partial charge in [-0.1, -0.05) is 30.3 Å². The fourth-order valence-corrected chi connectivity index (χ4v) is 4.17. The number of nitrogens with two attached hydrogens (primary N) is 3. The Labute approximate surface area is 177 Å². The minimum atomic E-state index is 0.129. The van der Waals surface area contributed by atoms with Gasteiger partial charge >= 0.3 is 0 Å². The van der Waals surface area contributed by atoms with Crippen molar-refractivity contribution in [1.29, 1.82) is 0 Å². The fraction of sp³-hybridized carbons (Fsp3) is 0.0435. The van der Waals surface area contributed by atoms with Gasteiger partial charge in [-0.25, -0.2) is 19.6 Å². The first kappa shape index (κ1) is 17.4. The van der Waals surface area contributed by atoms with Crippen LogP contribution in [0.25, 0.3) is 39.4 Å². The molecule has 1 aliphatic rings. The number of nitrogen functional groups attached to an aromatic ring is 3. The Hall–Kier alpha value is -4.46. The summed E-state index contributed by atoms with van der Waals surface area (Å²) in [5.41, 5.74) is 25.1. The van der Waals surface area contributed by atoms with Crippen LogP contribution in [0.5, 0.6) is 0 Å². The van der Waals surface area contributed by atoms with Crippen molar-refractivity contribution in [2.45, 2.75) is 6.42 Å². The number of nitrogens with zero attached hydrogens (tertiary/aromatic N) is 5. The summed E-state index contributed by atoms with van der Waals surface area (Å²) in [5, 5.41) is 5.59. The smallest absolute Gasteiger partial charge is 0.184 e. The summed E-state index contributed by atoms with van der Waals surface area (Å²) in [7, 11) is 0. The molecule has 8 nitrogen and oxygen atoms in total. The summed E-state index contributed by atoms with van der Waals surface area (Å²) in [5.74, 6) is 0.572. The van der Waals surface area contributed by atoms with Gasteiger partial charge in [0.25, 0.3) is 0 Å². The average Bonchev–Trinajstić information content (AvgIpc) is 3.35. The lowest BCUT2D eigenvalue weighted by atomic mass is 10.1. The second-order valence-corrected chi connectivity index (χ2v) is 7.54. The van der Waals surface area contributed by atoms with Crippen molar-refractivity contribution in [1.82, 2.24) is 24.7 Å². The fourth-order valence-electron chi connectivity index (χ4n) is 4.17. The SMILES string of the molecule is Nc1nc(-c2nn(-c3ccc4c(c3)Cc3ccccc3-4)c3ncccc23)nc(N)c1N. The van der Waals surface area contributed by atoms with Crippen molar-refractivity contribution in [3.8, 4) is 28.3 Å². The predicted octanol–water partition coefficient (Wildman–Crippen LogP) is 3.20. The Morgan fingerprint density at radius 3 is 2.42 bits per heavy atom. The van der Waals surface area contributed by atoms with Gasteiger partial charge in [0, 0.05) is 6.20 Å². The topological polar surface area (TPSA) is 135 Å². The van der Waals surface area contributed by atoms with E-state index in [1.165, 1.54) is 22.3 Å². The molecule has 5 aromatic rings. The molecule has 31 heavy (non-hydrogen) atoms. The molecule has 2 aromatic carbocycles. The Morgan fingerprint density at radius 2 is 1.58 bits per heavy atom. The Bertz CT molecular complexity index is 1480. The largest absolute Gasteiger partial charge is 0.393 e. The number of aromatic nitrogens is 5. The molecule has 0 spiro atoms. The van der Waals surface area contributed by atoms with E-state index in [4.69, 9.17) is 22.3 Å². The van der Waals surface area contributed by atoms with Crippen LogP contribution in [0.4, 0.5) is 17.3 Å². The summed E-state index contributed by atoms with van der Waals surface area (Å²) in [4.78, 5) is 13.2. The van der Waals surface area contributed by atoms with Crippen LogP contribution in [0.2, 0.25) is 0 Å². The molecule has 6 N–H and O–H groups in total. The highest BCUT2D eigenvalue weighted by Crippen LogP contribution is 2.38. The minimum Gasteiger partial charge on any atom is -0.393 e. The molecule has 3 aromatic heterocycles. The first-order valence-electron chi connectivity index (χ1n) is 9.84. The quantitative estimate of drug-likeness (QED) is 0.402. The third-order valence-electron chi connectivity index (χ3n) is 5.68. The molecule has 0 bridgehead atoms. The van der Waals surface area contributed by atoms with Crippen LogP contribution in [-0.4, -0.2) is 24.7 Å². The van der Waals surface area contributed by atoms with Gasteiger partial charge in [-0.2, -0.15) is 5.10 Å². The highest BCUT2D eigenvalue weighted by atomic mass is 15.3. The third-order valence-corrected chi connectivity index (χ3v) is 5.68. The van der Waals surface area contributed by atoms with E-state index in [1.807, 2.05) is 12.1 Å². The molecular weight excluding hydrogens is 388 g/mol. The van der Waals surface area contributed by atoms with Crippen molar-refractivity contribution in [3.05, 3.63) is 71.9 Å². The van der Waals surface area contributed by atoms with Crippen LogP contribution in [0, 0.1) is 0 Å². The van der Waals surface area contributed by atoms with Gasteiger partial charge in [-0.05, 0) is 52.9 Å². The lowest BCUT2D eigenvalue weighted by Gasteiger charge is -2.06. The molecule has 150 valence electrons. The van der Waals surface area contributed by atoms with Crippen molar-refractivity contribution in [3.63, 3.8) is 0 Å². The molecule has 8 heteroatoms. The van der Waals surface area contributed by atoms with E-state index >= 15 is 0 Å². The second kappa shape index (κ2) is 6.27. The third kappa shape index (κ3) is 2.55. The van der Waals surface area contributed by atoms with Crippen LogP contribution in [0.1, 0.15) is 11.1 Å². The molecule has 0 radical (unpaired) electrons. The zero-order chi connectivity index (χ0) is 21.1. The van der Waals surface area contributed by atoms with E-state index in [0.29, 0.717) is 17.2 Å². The van der Waals surface area contributed by atoms with E-state index in [0.717, 1.165) is 17.5 Å². The van der Waals surface area contributed by atoms with Gasteiger partial charge in [0.1, 0.15) is 11.4 Å². The molecule has 0 atom stereocenters. The van der Waals surface area contributed by atoms with Crippen LogP contribution >= 0.6 is 0 Å². The predicted molar refractivity (Wildman–Crippen MR) is 121 cm³/mol. The number of anilines is 3. The first-order chi connectivity index (χ1) is 15.1. The number of pyridine rings is 1. The maximum absolute atomic E-state index is 5.92. The maximum atomic E-state index is 5.92. The Balaban J connectivity index is 1.53. The molecule has 0 fully saturated rings. The normalized spacial score (nSPS) is 12.1. The number of rotatable bonds is 2. The van der Waals surface area contributed by atoms with Crippen LogP contribution < -0.4 is 17.2 Å². The monoisotopic (exact) mass is 406 g/mol. The molecule has 0 aliphatic heterocycles. The molecule has 6 rings (SSSR count). The van der Waals surface area contributed by atoms with Crippen molar-refractivity contribution >= 4 is 28.4 Å². The maximum Gasteiger partial charge on any atom is 0.184 e. The minimum absolute atomic E-state index is 0.129. The van der Waals surface area contributed by atoms with Gasteiger partial charge in [0.2, 0.25) is 0 Å². The zero-order valence-corrected chi connectivity index (χ0v) is 16.4. The summed E-state index contributed by atoms with van der Waals surface area (Å²) >= 11 is 0. The van der Waals surface area contributed by atoms with Gasteiger partial charge in [0.15, 0.2) is 23.1 Å². The standard InChI is InChI=1S/C23H18N8/c24-18-20(25)28-22(29-21(18)26)19-17-6-3-9-27-23(17)31(30-19)14-7-8-16-13(11-14)10-12-4-1-2-5-15(12)16/h1-9,11H,10,24H2,(H4,25,26,28,29). The lowest BCUT2D eigenvalue weighted by Crippen LogP contribution is -2.07. The number of fused-ring (bicyclic) bond motifs is 4. The first-order valence-corrected chi connectivity index (χ1v) is 9.84. The summed E-state index contributed by atoms with van der Waals surface area (Å²) in [6.45, 7) is 0. The van der Waals surface area contributed by atoms with Crippen LogP contribution in [0.15, 0.2) is 60.8 Å². The van der Waals surface area contributed by atoms with E-state index in [-0.39, 0.29) is 17.3 Å².